The smallest absolute Gasteiger partial charge is 0.304 e. The van der Waals surface area contributed by atoms with Crippen molar-refractivity contribution in [1.29, 1.82) is 0 Å². The van der Waals surface area contributed by atoms with Gasteiger partial charge in [0.05, 0.1) is 13.1 Å². The van der Waals surface area contributed by atoms with Gasteiger partial charge in [0.2, 0.25) is 0 Å². The van der Waals surface area contributed by atoms with Gasteiger partial charge < -0.3 is 19.6 Å². The van der Waals surface area contributed by atoms with Gasteiger partial charge in [0.1, 0.15) is 6.54 Å². The Morgan fingerprint density at radius 3 is 1.92 bits per heavy atom. The number of quaternary nitrogens is 1. The fraction of sp³-hybridized carbons (Fsp3) is 0.375. The Balaban J connectivity index is 1.15. The molecular formula is C32H34N2O4. The summed E-state index contributed by atoms with van der Waals surface area (Å²) in [6, 6.07) is 26.0. The summed E-state index contributed by atoms with van der Waals surface area (Å²) in [4.78, 5) is 26.8. The standard InChI is InChI=1S/C32H34N2O4/c35-30(33-28-19-24-9-7-8-10-25(24)20-28)22-34-17-15-23(16-18-34)29(21-34)38-31(36)32(37,26-11-3-1-4-12-26)27-13-5-2-6-14-27/h1-14,23,28-29H,15-22H2,(H,33,35). The molecule has 0 saturated carbocycles. The van der Waals surface area contributed by atoms with Crippen molar-refractivity contribution in [2.45, 2.75) is 43.4 Å². The van der Waals surface area contributed by atoms with Crippen LogP contribution in [-0.2, 0) is 32.8 Å². The zero-order valence-corrected chi connectivity index (χ0v) is 21.6. The van der Waals surface area contributed by atoms with E-state index in [0.29, 0.717) is 28.7 Å². The lowest BCUT2D eigenvalue weighted by Gasteiger charge is -2.52. The van der Waals surface area contributed by atoms with Gasteiger partial charge in [-0.3, -0.25) is 9.59 Å². The van der Waals surface area contributed by atoms with E-state index in [2.05, 4.69) is 17.4 Å². The molecule has 3 aromatic rings. The van der Waals surface area contributed by atoms with Crippen LogP contribution in [-0.4, -0.2) is 54.7 Å². The minimum Gasteiger partial charge on any atom is -0.834 e. The quantitative estimate of drug-likeness (QED) is 0.392. The highest BCUT2D eigenvalue weighted by molar-refractivity contribution is 5.85. The third-order valence-corrected chi connectivity index (χ3v) is 8.84. The highest BCUT2D eigenvalue weighted by Gasteiger charge is 2.49. The van der Waals surface area contributed by atoms with E-state index in [0.717, 1.165) is 38.8 Å². The maximum Gasteiger partial charge on any atom is 0.304 e. The van der Waals surface area contributed by atoms with Crippen LogP contribution in [0.25, 0.3) is 0 Å². The van der Waals surface area contributed by atoms with E-state index < -0.39 is 11.6 Å². The second-order valence-corrected chi connectivity index (χ2v) is 11.3. The topological polar surface area (TPSA) is 78.5 Å². The number of carbonyl (C=O) groups is 2. The number of ether oxygens (including phenoxy) is 1. The number of hydrogen-bond donors (Lipinski definition) is 1. The van der Waals surface area contributed by atoms with Crippen molar-refractivity contribution in [3.05, 3.63) is 107 Å². The summed E-state index contributed by atoms with van der Waals surface area (Å²) in [6.45, 7) is 2.76. The van der Waals surface area contributed by atoms with Crippen molar-refractivity contribution in [2.75, 3.05) is 26.2 Å². The molecule has 6 heteroatoms. The third-order valence-electron chi connectivity index (χ3n) is 8.84. The van der Waals surface area contributed by atoms with Gasteiger partial charge in [-0.15, -0.1) is 0 Å². The number of benzene rings is 3. The number of piperidine rings is 3. The van der Waals surface area contributed by atoms with Gasteiger partial charge in [0.15, 0.2) is 12.6 Å². The Hall–Kier alpha value is -3.48. The maximum absolute atomic E-state index is 14.3. The number of nitrogens with zero attached hydrogens (tertiary/aromatic N) is 1. The first kappa shape index (κ1) is 24.8. The normalized spacial score (nSPS) is 24.6. The summed E-state index contributed by atoms with van der Waals surface area (Å²) >= 11 is 0. The minimum atomic E-state index is -2.14. The molecule has 0 spiro atoms. The van der Waals surface area contributed by atoms with Crippen molar-refractivity contribution < 1.29 is 23.9 Å². The molecule has 38 heavy (non-hydrogen) atoms. The van der Waals surface area contributed by atoms with Crippen molar-refractivity contribution in [3.63, 3.8) is 0 Å². The Labute approximate surface area is 223 Å². The monoisotopic (exact) mass is 510 g/mol. The molecule has 7 rings (SSSR count). The molecule has 196 valence electrons. The molecule has 1 amide bonds. The highest BCUT2D eigenvalue weighted by Crippen LogP contribution is 2.37. The van der Waals surface area contributed by atoms with Gasteiger partial charge in [0.25, 0.3) is 5.91 Å². The lowest BCUT2D eigenvalue weighted by molar-refractivity contribution is -0.939. The van der Waals surface area contributed by atoms with Crippen LogP contribution in [0.15, 0.2) is 84.9 Å². The zero-order chi connectivity index (χ0) is 26.2. The molecule has 3 aromatic carbocycles. The minimum absolute atomic E-state index is 0.0555. The first-order valence-corrected chi connectivity index (χ1v) is 13.7. The van der Waals surface area contributed by atoms with Crippen molar-refractivity contribution in [3.8, 4) is 0 Å². The number of fused-ring (bicyclic) bond motifs is 4. The lowest BCUT2D eigenvalue weighted by atomic mass is 9.82. The van der Waals surface area contributed by atoms with Crippen LogP contribution in [0.5, 0.6) is 0 Å². The molecule has 2 bridgehead atoms. The predicted octanol–water partition coefficient (Wildman–Crippen LogP) is 2.73. The average molecular weight is 511 g/mol. The third kappa shape index (κ3) is 4.63. The number of rotatable bonds is 7. The average Bonchev–Trinajstić information content (AvgIpc) is 3.36. The molecule has 4 aliphatic rings. The van der Waals surface area contributed by atoms with E-state index in [9.17, 15) is 14.7 Å². The summed E-state index contributed by atoms with van der Waals surface area (Å²) < 4.78 is 6.70. The summed E-state index contributed by atoms with van der Waals surface area (Å²) in [7, 11) is 0. The molecule has 6 nitrogen and oxygen atoms in total. The Morgan fingerprint density at radius 1 is 0.842 bits per heavy atom. The molecule has 3 fully saturated rings. The molecule has 3 heterocycles. The van der Waals surface area contributed by atoms with Gasteiger partial charge in [-0.2, -0.15) is 0 Å². The number of carbonyl (C=O) groups excluding carboxylic acids is 2. The SMILES string of the molecule is O=C(C[N+]12CCC(CC1)C(OC(=O)C([O-])(c1ccccc1)c1ccccc1)C2)NC1Cc2ccccc2C1. The molecule has 1 unspecified atom stereocenters. The lowest BCUT2D eigenvalue weighted by Crippen LogP contribution is -2.67. The van der Waals surface area contributed by atoms with E-state index in [-0.39, 0.29) is 24.0 Å². The second kappa shape index (κ2) is 10.0. The van der Waals surface area contributed by atoms with Crippen LogP contribution >= 0.6 is 0 Å². The second-order valence-electron chi connectivity index (χ2n) is 11.3. The summed E-state index contributed by atoms with van der Waals surface area (Å²) in [5, 5.41) is 17.5. The van der Waals surface area contributed by atoms with Gasteiger partial charge in [-0.05, 0) is 35.1 Å². The molecule has 0 radical (unpaired) electrons. The first-order valence-electron chi connectivity index (χ1n) is 13.7. The van der Waals surface area contributed by atoms with Gasteiger partial charge in [0, 0.05) is 30.4 Å². The fourth-order valence-electron chi connectivity index (χ4n) is 6.78. The largest absolute Gasteiger partial charge is 0.834 e. The summed E-state index contributed by atoms with van der Waals surface area (Å²) in [5.41, 5.74) is 1.23. The number of nitrogens with one attached hydrogen (secondary N) is 1. The van der Waals surface area contributed by atoms with E-state index in [1.807, 2.05) is 24.3 Å². The molecule has 1 atom stereocenters. The van der Waals surface area contributed by atoms with Crippen molar-refractivity contribution >= 4 is 11.9 Å². The number of hydrogen-bond acceptors (Lipinski definition) is 4. The van der Waals surface area contributed by atoms with Crippen LogP contribution in [0, 0.1) is 5.92 Å². The van der Waals surface area contributed by atoms with Gasteiger partial charge in [-0.1, -0.05) is 84.9 Å². The van der Waals surface area contributed by atoms with E-state index in [1.54, 1.807) is 48.5 Å². The molecule has 1 aliphatic carbocycles. The summed E-state index contributed by atoms with van der Waals surface area (Å²) in [6.07, 6.45) is 3.16. The summed E-state index contributed by atoms with van der Waals surface area (Å²) in [5.74, 6) is -0.484. The Kier molecular flexibility index (Phi) is 6.54. The van der Waals surface area contributed by atoms with Gasteiger partial charge in [-0.25, -0.2) is 0 Å². The van der Waals surface area contributed by atoms with Gasteiger partial charge >= 0.3 is 5.97 Å². The van der Waals surface area contributed by atoms with Crippen LogP contribution < -0.4 is 10.4 Å². The van der Waals surface area contributed by atoms with E-state index in [4.69, 9.17) is 4.74 Å². The van der Waals surface area contributed by atoms with Crippen LogP contribution in [0.1, 0.15) is 35.1 Å². The van der Waals surface area contributed by atoms with E-state index in [1.165, 1.54) is 11.1 Å². The number of esters is 1. The zero-order valence-electron chi connectivity index (χ0n) is 21.6. The first-order chi connectivity index (χ1) is 18.5. The van der Waals surface area contributed by atoms with Crippen molar-refractivity contribution in [2.24, 2.45) is 5.92 Å². The predicted molar refractivity (Wildman–Crippen MR) is 142 cm³/mol. The van der Waals surface area contributed by atoms with Crippen molar-refractivity contribution in [1.82, 2.24) is 5.32 Å². The molecule has 0 aromatic heterocycles. The van der Waals surface area contributed by atoms with Crippen LogP contribution in [0.3, 0.4) is 0 Å². The molecule has 3 aliphatic heterocycles. The Morgan fingerprint density at radius 2 is 1.37 bits per heavy atom. The Bertz CT molecular complexity index is 1240. The highest BCUT2D eigenvalue weighted by atomic mass is 16.6. The van der Waals surface area contributed by atoms with E-state index >= 15 is 0 Å². The van der Waals surface area contributed by atoms with Crippen LogP contribution in [0.2, 0.25) is 0 Å². The molecule has 3 saturated heterocycles. The fourth-order valence-corrected chi connectivity index (χ4v) is 6.78. The van der Waals surface area contributed by atoms with Crippen LogP contribution in [0.4, 0.5) is 0 Å². The number of amides is 1. The molecule has 1 N–H and O–H groups in total. The molecular weight excluding hydrogens is 476 g/mol. The maximum atomic E-state index is 14.3.